The van der Waals surface area contributed by atoms with Crippen molar-refractivity contribution in [2.45, 2.75) is 0 Å². The Morgan fingerprint density at radius 2 is 1.85 bits per heavy atom. The highest BCUT2D eigenvalue weighted by Crippen LogP contribution is 2.32. The molecule has 0 saturated carbocycles. The SMILES string of the molecule is CNC(=O)c1cccc2[nH]c(-c3[nH]nc4ncc(-c5cncc(NS(C)(=O)=O)c5)cc34)cc12. The molecular weight excluding hydrogens is 442 g/mol. The lowest BCUT2D eigenvalue weighted by Gasteiger charge is -2.06. The van der Waals surface area contributed by atoms with Crippen molar-refractivity contribution in [3.05, 3.63) is 60.6 Å². The number of H-pyrrole nitrogens is 2. The molecule has 33 heavy (non-hydrogen) atoms. The first-order valence-electron chi connectivity index (χ1n) is 9.94. The van der Waals surface area contributed by atoms with Crippen molar-refractivity contribution in [3.8, 4) is 22.5 Å². The molecule has 0 aliphatic rings. The largest absolute Gasteiger partial charge is 0.355 e. The smallest absolute Gasteiger partial charge is 0.251 e. The fourth-order valence-electron chi connectivity index (χ4n) is 3.75. The number of nitrogens with one attached hydrogen (secondary N) is 4. The van der Waals surface area contributed by atoms with E-state index in [1.54, 1.807) is 31.6 Å². The third-order valence-electron chi connectivity index (χ3n) is 5.19. The molecule has 0 unspecified atom stereocenters. The molecule has 0 spiro atoms. The van der Waals surface area contributed by atoms with Gasteiger partial charge in [-0.25, -0.2) is 13.4 Å². The average Bonchev–Trinajstić information content (AvgIpc) is 3.40. The van der Waals surface area contributed by atoms with Gasteiger partial charge in [-0.2, -0.15) is 5.10 Å². The van der Waals surface area contributed by atoms with Crippen LogP contribution >= 0.6 is 0 Å². The van der Waals surface area contributed by atoms with Crippen LogP contribution in [0.3, 0.4) is 0 Å². The monoisotopic (exact) mass is 461 g/mol. The Bertz CT molecular complexity index is 1640. The maximum Gasteiger partial charge on any atom is 0.251 e. The van der Waals surface area contributed by atoms with Gasteiger partial charge >= 0.3 is 0 Å². The van der Waals surface area contributed by atoms with E-state index in [1.165, 1.54) is 6.20 Å². The standard InChI is InChI=1S/C22H19N7O3S/c1-23-22(30)15-4-3-5-18-16(15)8-19(26-18)20-17-7-13(10-25-21(17)28-27-20)12-6-14(11-24-9-12)29-33(2,31)32/h3-11,26,29H,1-2H3,(H,23,30)(H,25,27,28). The Labute approximate surface area is 188 Å². The van der Waals surface area contributed by atoms with Crippen molar-refractivity contribution in [2.75, 3.05) is 18.0 Å². The van der Waals surface area contributed by atoms with Crippen LogP contribution in [0.1, 0.15) is 10.4 Å². The van der Waals surface area contributed by atoms with Crippen LogP contribution in [-0.2, 0) is 10.0 Å². The summed E-state index contributed by atoms with van der Waals surface area (Å²) in [4.78, 5) is 24.2. The highest BCUT2D eigenvalue weighted by Gasteiger charge is 2.16. The second-order valence-corrected chi connectivity index (χ2v) is 9.31. The number of anilines is 1. The zero-order chi connectivity index (χ0) is 23.2. The molecule has 4 aromatic heterocycles. The van der Waals surface area contributed by atoms with E-state index in [2.05, 4.69) is 35.2 Å². The molecule has 1 amide bonds. The number of rotatable bonds is 5. The van der Waals surface area contributed by atoms with Crippen LogP contribution in [0.25, 0.3) is 44.5 Å². The van der Waals surface area contributed by atoms with Crippen LogP contribution in [0.5, 0.6) is 0 Å². The maximum absolute atomic E-state index is 12.2. The maximum atomic E-state index is 12.2. The number of carbonyl (C=O) groups excluding carboxylic acids is 1. The number of benzene rings is 1. The predicted molar refractivity (Wildman–Crippen MR) is 126 cm³/mol. The molecular formula is C22H19N7O3S. The number of amides is 1. The molecule has 0 aliphatic heterocycles. The molecule has 0 radical (unpaired) electrons. The molecule has 4 N–H and O–H groups in total. The molecule has 5 rings (SSSR count). The van der Waals surface area contributed by atoms with Crippen LogP contribution in [0.2, 0.25) is 0 Å². The minimum absolute atomic E-state index is 0.167. The van der Waals surface area contributed by atoms with Crippen molar-refractivity contribution in [1.29, 1.82) is 0 Å². The first-order chi connectivity index (χ1) is 15.8. The van der Waals surface area contributed by atoms with E-state index < -0.39 is 10.0 Å². The van der Waals surface area contributed by atoms with Gasteiger partial charge in [0.25, 0.3) is 5.91 Å². The van der Waals surface area contributed by atoms with E-state index in [0.29, 0.717) is 22.5 Å². The van der Waals surface area contributed by atoms with Gasteiger partial charge in [-0.05, 0) is 30.3 Å². The minimum atomic E-state index is -3.42. The molecule has 0 fully saturated rings. The molecule has 166 valence electrons. The number of sulfonamides is 1. The predicted octanol–water partition coefficient (Wildman–Crippen LogP) is 2.90. The summed E-state index contributed by atoms with van der Waals surface area (Å²) in [6.07, 6.45) is 5.81. The van der Waals surface area contributed by atoms with E-state index >= 15 is 0 Å². The number of hydrogen-bond donors (Lipinski definition) is 4. The lowest BCUT2D eigenvalue weighted by molar-refractivity contribution is 0.0964. The van der Waals surface area contributed by atoms with E-state index in [0.717, 1.165) is 39.5 Å². The van der Waals surface area contributed by atoms with Gasteiger partial charge < -0.3 is 10.3 Å². The lowest BCUT2D eigenvalue weighted by Crippen LogP contribution is -2.17. The Morgan fingerprint density at radius 1 is 1.03 bits per heavy atom. The summed E-state index contributed by atoms with van der Waals surface area (Å²) < 4.78 is 25.5. The molecule has 0 aliphatic carbocycles. The van der Waals surface area contributed by atoms with Gasteiger partial charge in [-0.1, -0.05) is 6.07 Å². The summed E-state index contributed by atoms with van der Waals surface area (Å²) in [6.45, 7) is 0. The number of aromatic amines is 2. The first-order valence-corrected chi connectivity index (χ1v) is 11.8. The summed E-state index contributed by atoms with van der Waals surface area (Å²) in [5, 5.41) is 11.5. The molecule has 1 aromatic carbocycles. The van der Waals surface area contributed by atoms with Crippen molar-refractivity contribution in [3.63, 3.8) is 0 Å². The Kier molecular flexibility index (Phi) is 4.82. The number of aromatic nitrogens is 5. The van der Waals surface area contributed by atoms with Gasteiger partial charge in [-0.3, -0.25) is 19.6 Å². The second kappa shape index (κ2) is 7.71. The normalized spacial score (nSPS) is 11.7. The highest BCUT2D eigenvalue weighted by atomic mass is 32.2. The van der Waals surface area contributed by atoms with Gasteiger partial charge in [0.05, 0.1) is 29.5 Å². The van der Waals surface area contributed by atoms with Crippen molar-refractivity contribution in [1.82, 2.24) is 30.5 Å². The number of fused-ring (bicyclic) bond motifs is 2. The average molecular weight is 462 g/mol. The van der Waals surface area contributed by atoms with Crippen LogP contribution in [0.15, 0.2) is 55.0 Å². The zero-order valence-electron chi connectivity index (χ0n) is 17.7. The van der Waals surface area contributed by atoms with Crippen LogP contribution in [0.4, 0.5) is 5.69 Å². The Morgan fingerprint density at radius 3 is 2.64 bits per heavy atom. The van der Waals surface area contributed by atoms with E-state index in [4.69, 9.17) is 0 Å². The summed E-state index contributed by atoms with van der Waals surface area (Å²) >= 11 is 0. The van der Waals surface area contributed by atoms with Crippen molar-refractivity contribution >= 4 is 43.6 Å². The number of pyridine rings is 2. The number of carbonyl (C=O) groups is 1. The van der Waals surface area contributed by atoms with Gasteiger partial charge in [0.15, 0.2) is 5.65 Å². The molecule has 0 bridgehead atoms. The third kappa shape index (κ3) is 3.89. The van der Waals surface area contributed by atoms with E-state index in [9.17, 15) is 13.2 Å². The highest BCUT2D eigenvalue weighted by molar-refractivity contribution is 7.92. The van der Waals surface area contributed by atoms with Gasteiger partial charge in [0, 0.05) is 52.4 Å². The summed E-state index contributed by atoms with van der Waals surface area (Å²) in [5.41, 5.74) is 5.20. The summed E-state index contributed by atoms with van der Waals surface area (Å²) in [7, 11) is -1.83. The topological polar surface area (TPSA) is 146 Å². The molecule has 10 nitrogen and oxygen atoms in total. The zero-order valence-corrected chi connectivity index (χ0v) is 18.5. The van der Waals surface area contributed by atoms with E-state index in [-0.39, 0.29) is 5.91 Å². The molecule has 11 heteroatoms. The van der Waals surface area contributed by atoms with Crippen LogP contribution in [-0.4, -0.2) is 52.8 Å². The quantitative estimate of drug-likeness (QED) is 0.317. The Hall–Kier alpha value is -4.25. The number of hydrogen-bond acceptors (Lipinski definition) is 6. The van der Waals surface area contributed by atoms with Gasteiger partial charge in [0.1, 0.15) is 0 Å². The molecule has 4 heterocycles. The fourth-order valence-corrected chi connectivity index (χ4v) is 4.29. The number of nitrogens with zero attached hydrogens (tertiary/aromatic N) is 3. The molecule has 0 atom stereocenters. The minimum Gasteiger partial charge on any atom is -0.355 e. The van der Waals surface area contributed by atoms with E-state index in [1.807, 2.05) is 24.3 Å². The van der Waals surface area contributed by atoms with Gasteiger partial charge in [0.2, 0.25) is 10.0 Å². The Balaban J connectivity index is 1.60. The van der Waals surface area contributed by atoms with Crippen molar-refractivity contribution < 1.29 is 13.2 Å². The second-order valence-electron chi connectivity index (χ2n) is 7.56. The van der Waals surface area contributed by atoms with Gasteiger partial charge in [-0.15, -0.1) is 0 Å². The lowest BCUT2D eigenvalue weighted by atomic mass is 10.1. The first kappa shape index (κ1) is 20.6. The van der Waals surface area contributed by atoms with Crippen LogP contribution in [0, 0.1) is 0 Å². The molecule has 0 saturated heterocycles. The summed E-state index contributed by atoms with van der Waals surface area (Å²) in [5.74, 6) is -0.167. The third-order valence-corrected chi connectivity index (χ3v) is 5.80. The molecule has 5 aromatic rings. The fraction of sp³-hybridized carbons (Fsp3) is 0.0909. The van der Waals surface area contributed by atoms with Crippen LogP contribution < -0.4 is 10.0 Å². The van der Waals surface area contributed by atoms with Crippen molar-refractivity contribution in [2.24, 2.45) is 0 Å². The summed E-state index contributed by atoms with van der Waals surface area (Å²) in [6, 6.07) is 11.0.